The van der Waals surface area contributed by atoms with Crippen LogP contribution in [0.25, 0.3) is 0 Å². The first-order valence-corrected chi connectivity index (χ1v) is 9.08. The Morgan fingerprint density at radius 2 is 1.60 bits per heavy atom. The predicted molar refractivity (Wildman–Crippen MR) is 86.0 cm³/mol. The van der Waals surface area contributed by atoms with Crippen LogP contribution in [0.1, 0.15) is 71.6 Å². The van der Waals surface area contributed by atoms with E-state index < -0.39 is 0 Å². The Hall–Kier alpha value is -0.0800. The summed E-state index contributed by atoms with van der Waals surface area (Å²) in [6.45, 7) is 7.45. The van der Waals surface area contributed by atoms with Crippen LogP contribution in [0.4, 0.5) is 0 Å². The molecule has 0 amide bonds. The van der Waals surface area contributed by atoms with E-state index in [1.165, 1.54) is 32.1 Å². The van der Waals surface area contributed by atoms with Gasteiger partial charge in [0, 0.05) is 13.1 Å². The lowest BCUT2D eigenvalue weighted by atomic mass is 9.67. The molecule has 2 saturated carbocycles. The number of hydrogen-bond acceptors (Lipinski definition) is 2. The van der Waals surface area contributed by atoms with E-state index >= 15 is 0 Å². The third-order valence-electron chi connectivity index (χ3n) is 5.41. The summed E-state index contributed by atoms with van der Waals surface area (Å²) >= 11 is 0. The molecule has 3 aliphatic rings. The van der Waals surface area contributed by atoms with Crippen molar-refractivity contribution in [1.82, 2.24) is 5.32 Å². The Morgan fingerprint density at radius 1 is 0.850 bits per heavy atom. The average Bonchev–Trinajstić information content (AvgIpc) is 2.43. The summed E-state index contributed by atoms with van der Waals surface area (Å²) in [4.78, 5) is 0. The second-order valence-corrected chi connectivity index (χ2v) is 7.32. The summed E-state index contributed by atoms with van der Waals surface area (Å²) in [5, 5.41) is 3.21. The van der Waals surface area contributed by atoms with Gasteiger partial charge in [0.05, 0.1) is 12.7 Å². The van der Waals surface area contributed by atoms with E-state index in [0.29, 0.717) is 6.10 Å². The quantitative estimate of drug-likeness (QED) is 0.711. The normalized spacial score (nSPS) is 38.7. The van der Waals surface area contributed by atoms with Crippen molar-refractivity contribution in [1.29, 1.82) is 0 Å². The third-order valence-corrected chi connectivity index (χ3v) is 5.41. The summed E-state index contributed by atoms with van der Waals surface area (Å²) < 4.78 is 5.22. The maximum absolute atomic E-state index is 5.22. The van der Waals surface area contributed by atoms with Gasteiger partial charge >= 0.3 is 0 Å². The lowest BCUT2D eigenvalue weighted by Crippen LogP contribution is -2.36. The molecule has 20 heavy (non-hydrogen) atoms. The first-order chi connectivity index (χ1) is 9.75. The SMILES string of the molecule is CC1CCCCCCC2CCC2C1.CC1CNCCO1. The Kier molecular flexibility index (Phi) is 7.37. The van der Waals surface area contributed by atoms with Crippen LogP contribution in [0.15, 0.2) is 0 Å². The second kappa shape index (κ2) is 9.04. The number of rotatable bonds is 0. The molecule has 1 heterocycles. The highest BCUT2D eigenvalue weighted by Gasteiger charge is 2.31. The summed E-state index contributed by atoms with van der Waals surface area (Å²) in [5.74, 6) is 3.29. The summed E-state index contributed by atoms with van der Waals surface area (Å²) in [7, 11) is 0. The fraction of sp³-hybridized carbons (Fsp3) is 1.00. The van der Waals surface area contributed by atoms with Crippen molar-refractivity contribution >= 4 is 0 Å². The summed E-state index contributed by atoms with van der Waals surface area (Å²) in [6, 6.07) is 0. The molecule has 2 heteroatoms. The minimum atomic E-state index is 0.425. The number of nitrogens with one attached hydrogen (secondary N) is 1. The van der Waals surface area contributed by atoms with E-state index in [2.05, 4.69) is 19.2 Å². The summed E-state index contributed by atoms with van der Waals surface area (Å²) in [5.41, 5.74) is 0. The minimum Gasteiger partial charge on any atom is -0.376 e. The van der Waals surface area contributed by atoms with Gasteiger partial charge in [0.15, 0.2) is 0 Å². The maximum Gasteiger partial charge on any atom is 0.0672 e. The highest BCUT2D eigenvalue weighted by atomic mass is 16.5. The molecule has 0 aromatic heterocycles. The van der Waals surface area contributed by atoms with E-state index in [0.717, 1.165) is 37.5 Å². The number of fused-ring (bicyclic) bond motifs is 1. The van der Waals surface area contributed by atoms with E-state index in [1.54, 1.807) is 25.7 Å². The van der Waals surface area contributed by atoms with Crippen molar-refractivity contribution in [2.45, 2.75) is 77.7 Å². The molecule has 2 nitrogen and oxygen atoms in total. The van der Waals surface area contributed by atoms with Crippen molar-refractivity contribution in [2.75, 3.05) is 19.7 Å². The molecular formula is C18H35NO. The molecule has 4 unspecified atom stereocenters. The maximum atomic E-state index is 5.22. The predicted octanol–water partition coefficient (Wildman–Crippen LogP) is 4.39. The first-order valence-electron chi connectivity index (χ1n) is 9.08. The number of morpholine rings is 1. The Balaban J connectivity index is 0.000000178. The fourth-order valence-electron chi connectivity index (χ4n) is 3.91. The molecule has 1 saturated heterocycles. The van der Waals surface area contributed by atoms with Crippen molar-refractivity contribution in [3.63, 3.8) is 0 Å². The zero-order valence-corrected chi connectivity index (χ0v) is 13.7. The largest absolute Gasteiger partial charge is 0.376 e. The average molecular weight is 281 g/mol. The zero-order chi connectivity index (χ0) is 14.2. The van der Waals surface area contributed by atoms with Crippen molar-refractivity contribution in [2.24, 2.45) is 17.8 Å². The Labute approximate surface area is 126 Å². The van der Waals surface area contributed by atoms with E-state index in [1.807, 2.05) is 0 Å². The molecule has 3 rings (SSSR count). The highest BCUT2D eigenvalue weighted by molar-refractivity contribution is 4.82. The van der Waals surface area contributed by atoms with Gasteiger partial charge < -0.3 is 10.1 Å². The first kappa shape index (κ1) is 16.3. The number of hydrogen-bond donors (Lipinski definition) is 1. The van der Waals surface area contributed by atoms with Crippen molar-refractivity contribution in [3.05, 3.63) is 0 Å². The molecule has 1 N–H and O–H groups in total. The van der Waals surface area contributed by atoms with E-state index in [9.17, 15) is 0 Å². The van der Waals surface area contributed by atoms with Gasteiger partial charge in [-0.2, -0.15) is 0 Å². The molecule has 118 valence electrons. The number of ether oxygens (including phenoxy) is 1. The molecule has 0 radical (unpaired) electrons. The van der Waals surface area contributed by atoms with E-state index in [-0.39, 0.29) is 0 Å². The molecule has 4 atom stereocenters. The smallest absolute Gasteiger partial charge is 0.0672 e. The molecular weight excluding hydrogens is 246 g/mol. The standard InChI is InChI=1S/C13H24.C5H11NO/c1-11-6-4-2-3-5-7-12-8-9-13(12)10-11;1-5-4-6-2-3-7-5/h11-13H,2-10H2,1H3;5-6H,2-4H2,1H3. The van der Waals surface area contributed by atoms with Crippen LogP contribution in [0, 0.1) is 17.8 Å². The monoisotopic (exact) mass is 281 g/mol. The van der Waals surface area contributed by atoms with Crippen LogP contribution in [0.2, 0.25) is 0 Å². The molecule has 0 aromatic rings. The molecule has 1 aliphatic heterocycles. The van der Waals surface area contributed by atoms with Gasteiger partial charge in [0.25, 0.3) is 0 Å². The zero-order valence-electron chi connectivity index (χ0n) is 13.7. The van der Waals surface area contributed by atoms with Gasteiger partial charge in [-0.15, -0.1) is 0 Å². The van der Waals surface area contributed by atoms with Gasteiger partial charge in [-0.1, -0.05) is 45.4 Å². The molecule has 3 fully saturated rings. The van der Waals surface area contributed by atoms with Crippen LogP contribution < -0.4 is 5.32 Å². The Bertz CT molecular complexity index is 250. The summed E-state index contributed by atoms with van der Waals surface area (Å²) in [6.07, 6.45) is 14.2. The van der Waals surface area contributed by atoms with Gasteiger partial charge in [0.1, 0.15) is 0 Å². The Morgan fingerprint density at radius 3 is 2.15 bits per heavy atom. The van der Waals surface area contributed by atoms with Crippen molar-refractivity contribution < 1.29 is 4.74 Å². The van der Waals surface area contributed by atoms with Gasteiger partial charge in [0.2, 0.25) is 0 Å². The van der Waals surface area contributed by atoms with Crippen LogP contribution in [0.3, 0.4) is 0 Å². The van der Waals surface area contributed by atoms with Crippen LogP contribution in [-0.4, -0.2) is 25.8 Å². The highest BCUT2D eigenvalue weighted by Crippen LogP contribution is 2.43. The van der Waals surface area contributed by atoms with Crippen molar-refractivity contribution in [3.8, 4) is 0 Å². The van der Waals surface area contributed by atoms with Gasteiger partial charge in [-0.05, 0) is 43.9 Å². The fourth-order valence-corrected chi connectivity index (χ4v) is 3.91. The second-order valence-electron chi connectivity index (χ2n) is 7.32. The molecule has 0 bridgehead atoms. The molecule has 0 aromatic carbocycles. The lowest BCUT2D eigenvalue weighted by molar-refractivity contribution is 0.0410. The van der Waals surface area contributed by atoms with Gasteiger partial charge in [-0.25, -0.2) is 0 Å². The van der Waals surface area contributed by atoms with E-state index in [4.69, 9.17) is 4.74 Å². The third kappa shape index (κ3) is 5.73. The molecule has 2 aliphatic carbocycles. The molecule has 0 spiro atoms. The van der Waals surface area contributed by atoms with Gasteiger partial charge in [-0.3, -0.25) is 0 Å². The minimum absolute atomic E-state index is 0.425. The topological polar surface area (TPSA) is 21.3 Å². The van der Waals surface area contributed by atoms with Crippen LogP contribution >= 0.6 is 0 Å². The van der Waals surface area contributed by atoms with Crippen LogP contribution in [-0.2, 0) is 4.74 Å². The van der Waals surface area contributed by atoms with Crippen LogP contribution in [0.5, 0.6) is 0 Å². The lowest BCUT2D eigenvalue weighted by Gasteiger charge is -2.39.